The summed E-state index contributed by atoms with van der Waals surface area (Å²) < 4.78 is 1.80. The second-order valence-corrected chi connectivity index (χ2v) is 3.13. The van der Waals surface area contributed by atoms with E-state index in [-0.39, 0.29) is 6.42 Å². The van der Waals surface area contributed by atoms with Gasteiger partial charge in [-0.1, -0.05) is 0 Å². The monoisotopic (exact) mass is 182 g/mol. The average Bonchev–Trinajstić information content (AvgIpc) is 2.35. The highest BCUT2D eigenvalue weighted by Gasteiger charge is 2.04. The summed E-state index contributed by atoms with van der Waals surface area (Å²) in [6.07, 6.45) is 3.51. The summed E-state index contributed by atoms with van der Waals surface area (Å²) in [4.78, 5) is 10.3. The predicted octanol–water partition coefficient (Wildman–Crippen LogP) is 1.14. The molecule has 0 unspecified atom stereocenters. The molecule has 1 aromatic heterocycles. The highest BCUT2D eigenvalue weighted by atomic mass is 16.4. The van der Waals surface area contributed by atoms with Crippen molar-refractivity contribution in [3.63, 3.8) is 0 Å². The SMILES string of the molecule is Cc1c(CCCC(=O)O)cnn1C. The molecule has 0 spiro atoms. The molecule has 1 rings (SSSR count). The zero-order valence-corrected chi connectivity index (χ0v) is 7.95. The van der Waals surface area contributed by atoms with Crippen LogP contribution >= 0.6 is 0 Å². The summed E-state index contributed by atoms with van der Waals surface area (Å²) in [7, 11) is 1.88. The fraction of sp³-hybridized carbons (Fsp3) is 0.556. The molecule has 1 aromatic rings. The van der Waals surface area contributed by atoms with Crippen molar-refractivity contribution < 1.29 is 9.90 Å². The maximum absolute atomic E-state index is 10.3. The largest absolute Gasteiger partial charge is 0.481 e. The molecule has 13 heavy (non-hydrogen) atoms. The van der Waals surface area contributed by atoms with Crippen LogP contribution < -0.4 is 0 Å². The van der Waals surface area contributed by atoms with Gasteiger partial charge < -0.3 is 5.11 Å². The number of hydrogen-bond acceptors (Lipinski definition) is 2. The van der Waals surface area contributed by atoms with Gasteiger partial charge in [-0.15, -0.1) is 0 Å². The van der Waals surface area contributed by atoms with Gasteiger partial charge >= 0.3 is 5.97 Å². The van der Waals surface area contributed by atoms with E-state index in [4.69, 9.17) is 5.11 Å². The van der Waals surface area contributed by atoms with Gasteiger partial charge in [-0.2, -0.15) is 5.10 Å². The highest BCUT2D eigenvalue weighted by Crippen LogP contribution is 2.09. The van der Waals surface area contributed by atoms with Crippen molar-refractivity contribution in [2.75, 3.05) is 0 Å². The fourth-order valence-electron chi connectivity index (χ4n) is 1.22. The Morgan fingerprint density at radius 1 is 1.69 bits per heavy atom. The van der Waals surface area contributed by atoms with E-state index in [0.29, 0.717) is 6.42 Å². The van der Waals surface area contributed by atoms with Crippen LogP contribution in [0.15, 0.2) is 6.20 Å². The summed E-state index contributed by atoms with van der Waals surface area (Å²) in [5, 5.41) is 12.5. The second-order valence-electron chi connectivity index (χ2n) is 3.13. The summed E-state index contributed by atoms with van der Waals surface area (Å²) in [6.45, 7) is 1.99. The molecule has 1 heterocycles. The molecule has 0 bridgehead atoms. The first-order valence-electron chi connectivity index (χ1n) is 4.30. The molecule has 0 aliphatic heterocycles. The third-order valence-electron chi connectivity index (χ3n) is 2.17. The van der Waals surface area contributed by atoms with Crippen molar-refractivity contribution in [1.29, 1.82) is 0 Å². The van der Waals surface area contributed by atoms with Crippen LogP contribution in [-0.2, 0) is 18.3 Å². The normalized spacial score (nSPS) is 10.3. The minimum absolute atomic E-state index is 0.230. The second kappa shape index (κ2) is 4.07. The molecule has 4 heteroatoms. The Morgan fingerprint density at radius 2 is 2.38 bits per heavy atom. The van der Waals surface area contributed by atoms with Crippen molar-refractivity contribution >= 4 is 5.97 Å². The molecule has 0 saturated heterocycles. The number of carboxylic acids is 1. The third kappa shape index (κ3) is 2.57. The number of hydrogen-bond donors (Lipinski definition) is 1. The molecule has 72 valence electrons. The lowest BCUT2D eigenvalue weighted by Crippen LogP contribution is -1.97. The van der Waals surface area contributed by atoms with Crippen LogP contribution in [0.4, 0.5) is 0 Å². The maximum atomic E-state index is 10.3. The Hall–Kier alpha value is -1.32. The Morgan fingerprint density at radius 3 is 2.85 bits per heavy atom. The first-order valence-corrected chi connectivity index (χ1v) is 4.30. The molecule has 0 aliphatic carbocycles. The van der Waals surface area contributed by atoms with Gasteiger partial charge in [0, 0.05) is 19.2 Å². The van der Waals surface area contributed by atoms with Crippen LogP contribution in [0.5, 0.6) is 0 Å². The van der Waals surface area contributed by atoms with Gasteiger partial charge in [-0.3, -0.25) is 9.48 Å². The Labute approximate surface area is 77.2 Å². The van der Waals surface area contributed by atoms with Gasteiger partial charge in [0.25, 0.3) is 0 Å². The summed E-state index contributed by atoms with van der Waals surface area (Å²) in [6, 6.07) is 0. The van der Waals surface area contributed by atoms with E-state index in [1.807, 2.05) is 14.0 Å². The van der Waals surface area contributed by atoms with Gasteiger partial charge in [-0.25, -0.2) is 0 Å². The number of carboxylic acid groups (broad SMARTS) is 1. The molecule has 0 aliphatic rings. The van der Waals surface area contributed by atoms with E-state index in [0.717, 1.165) is 17.7 Å². The van der Waals surface area contributed by atoms with E-state index in [1.165, 1.54) is 0 Å². The average molecular weight is 182 g/mol. The smallest absolute Gasteiger partial charge is 0.303 e. The Balaban J connectivity index is 2.45. The van der Waals surface area contributed by atoms with Crippen LogP contribution in [-0.4, -0.2) is 20.9 Å². The molecule has 0 aromatic carbocycles. The number of aliphatic carboxylic acids is 1. The van der Waals surface area contributed by atoms with Crippen LogP contribution in [0.1, 0.15) is 24.1 Å². The Bertz CT molecular complexity index is 305. The van der Waals surface area contributed by atoms with E-state index in [1.54, 1.807) is 10.9 Å². The quantitative estimate of drug-likeness (QED) is 0.759. The molecule has 1 N–H and O–H groups in total. The summed E-state index contributed by atoms with van der Waals surface area (Å²) in [5.41, 5.74) is 2.26. The first kappa shape index (κ1) is 9.77. The third-order valence-corrected chi connectivity index (χ3v) is 2.17. The number of nitrogens with zero attached hydrogens (tertiary/aromatic N) is 2. The molecular weight excluding hydrogens is 168 g/mol. The molecule has 0 amide bonds. The van der Waals surface area contributed by atoms with Gasteiger partial charge in [0.15, 0.2) is 0 Å². The zero-order valence-electron chi connectivity index (χ0n) is 7.95. The van der Waals surface area contributed by atoms with Gasteiger partial charge in [0.2, 0.25) is 0 Å². The van der Waals surface area contributed by atoms with E-state index in [9.17, 15) is 4.79 Å². The van der Waals surface area contributed by atoms with Crippen LogP contribution in [0.25, 0.3) is 0 Å². The molecule has 0 saturated carbocycles. The van der Waals surface area contributed by atoms with E-state index < -0.39 is 5.97 Å². The van der Waals surface area contributed by atoms with Crippen molar-refractivity contribution in [3.8, 4) is 0 Å². The number of aromatic nitrogens is 2. The van der Waals surface area contributed by atoms with E-state index in [2.05, 4.69) is 5.10 Å². The standard InChI is InChI=1S/C9H14N2O2/c1-7-8(6-10-11(7)2)4-3-5-9(12)13/h6H,3-5H2,1-2H3,(H,12,13). The predicted molar refractivity (Wildman–Crippen MR) is 48.5 cm³/mol. The molecular formula is C9H14N2O2. The molecule has 0 fully saturated rings. The van der Waals surface area contributed by atoms with Gasteiger partial charge in [-0.05, 0) is 25.3 Å². The summed E-state index contributed by atoms with van der Waals surface area (Å²) >= 11 is 0. The molecule has 0 radical (unpaired) electrons. The van der Waals surface area contributed by atoms with Crippen LogP contribution in [0.3, 0.4) is 0 Å². The topological polar surface area (TPSA) is 55.1 Å². The number of carbonyl (C=O) groups is 1. The lowest BCUT2D eigenvalue weighted by atomic mass is 10.1. The van der Waals surface area contributed by atoms with Crippen molar-refractivity contribution in [2.24, 2.45) is 7.05 Å². The van der Waals surface area contributed by atoms with Crippen molar-refractivity contribution in [2.45, 2.75) is 26.2 Å². The molecule has 0 atom stereocenters. The van der Waals surface area contributed by atoms with Crippen LogP contribution in [0.2, 0.25) is 0 Å². The zero-order chi connectivity index (χ0) is 9.84. The Kier molecular flexibility index (Phi) is 3.06. The highest BCUT2D eigenvalue weighted by molar-refractivity contribution is 5.66. The van der Waals surface area contributed by atoms with Crippen molar-refractivity contribution in [3.05, 3.63) is 17.5 Å². The summed E-state index contributed by atoms with van der Waals surface area (Å²) in [5.74, 6) is -0.735. The van der Waals surface area contributed by atoms with Gasteiger partial charge in [0.1, 0.15) is 0 Å². The first-order chi connectivity index (χ1) is 6.11. The van der Waals surface area contributed by atoms with Gasteiger partial charge in [0.05, 0.1) is 6.20 Å². The fourth-order valence-corrected chi connectivity index (χ4v) is 1.22. The maximum Gasteiger partial charge on any atom is 0.303 e. The lowest BCUT2D eigenvalue weighted by molar-refractivity contribution is -0.137. The minimum atomic E-state index is -0.735. The van der Waals surface area contributed by atoms with Crippen LogP contribution in [0, 0.1) is 6.92 Å². The number of aryl methyl sites for hydroxylation is 2. The van der Waals surface area contributed by atoms with E-state index >= 15 is 0 Å². The number of rotatable bonds is 4. The minimum Gasteiger partial charge on any atom is -0.481 e. The molecule has 4 nitrogen and oxygen atoms in total. The van der Waals surface area contributed by atoms with Crippen molar-refractivity contribution in [1.82, 2.24) is 9.78 Å². The lowest BCUT2D eigenvalue weighted by Gasteiger charge is -1.98.